The van der Waals surface area contributed by atoms with Crippen molar-refractivity contribution < 1.29 is 4.39 Å². The lowest BCUT2D eigenvalue weighted by atomic mass is 10.0. The van der Waals surface area contributed by atoms with E-state index in [2.05, 4.69) is 6.07 Å². The molecule has 0 aliphatic heterocycles. The van der Waals surface area contributed by atoms with Crippen molar-refractivity contribution in [3.05, 3.63) is 69.8 Å². The molecule has 3 rings (SSSR count). The van der Waals surface area contributed by atoms with Gasteiger partial charge in [0.05, 0.1) is 10.4 Å². The van der Waals surface area contributed by atoms with E-state index in [9.17, 15) is 4.39 Å². The molecule has 0 saturated heterocycles. The molecule has 19 heavy (non-hydrogen) atoms. The fourth-order valence-corrected chi connectivity index (χ4v) is 3.54. The van der Waals surface area contributed by atoms with Crippen LogP contribution < -0.4 is 0 Å². The molecule has 0 amide bonds. The Kier molecular flexibility index (Phi) is 3.48. The summed E-state index contributed by atoms with van der Waals surface area (Å²) in [5.41, 5.74) is 1.72. The second kappa shape index (κ2) is 5.12. The standard InChI is InChI=1S/C15H9Cl2FS/c16-12-6-5-9(7-13(12)18)15(17)11-8-19-14-4-2-1-3-10(11)14/h1-8,15H. The van der Waals surface area contributed by atoms with Crippen LogP contribution in [0.5, 0.6) is 0 Å². The summed E-state index contributed by atoms with van der Waals surface area (Å²) in [6, 6.07) is 12.7. The molecular formula is C15H9Cl2FS. The smallest absolute Gasteiger partial charge is 0.142 e. The van der Waals surface area contributed by atoms with Crippen LogP contribution in [0.1, 0.15) is 16.5 Å². The molecule has 1 atom stereocenters. The molecule has 96 valence electrons. The van der Waals surface area contributed by atoms with Crippen LogP contribution in [-0.2, 0) is 0 Å². The largest absolute Gasteiger partial charge is 0.205 e. The number of fused-ring (bicyclic) bond motifs is 1. The summed E-state index contributed by atoms with van der Waals surface area (Å²) in [4.78, 5) is 0. The van der Waals surface area contributed by atoms with Crippen molar-refractivity contribution in [1.29, 1.82) is 0 Å². The van der Waals surface area contributed by atoms with Gasteiger partial charge in [-0.15, -0.1) is 22.9 Å². The molecule has 0 aliphatic carbocycles. The maximum Gasteiger partial charge on any atom is 0.142 e. The van der Waals surface area contributed by atoms with Gasteiger partial charge in [-0.1, -0.05) is 35.9 Å². The topological polar surface area (TPSA) is 0 Å². The second-order valence-corrected chi connectivity index (χ2v) is 5.98. The summed E-state index contributed by atoms with van der Waals surface area (Å²) in [7, 11) is 0. The van der Waals surface area contributed by atoms with Crippen molar-refractivity contribution >= 4 is 44.6 Å². The molecule has 3 aromatic rings. The normalized spacial score (nSPS) is 12.8. The molecule has 0 radical (unpaired) electrons. The minimum atomic E-state index is -0.440. The van der Waals surface area contributed by atoms with Crippen LogP contribution in [0.4, 0.5) is 4.39 Å². The first kappa shape index (κ1) is 12.9. The van der Waals surface area contributed by atoms with Crippen molar-refractivity contribution in [1.82, 2.24) is 0 Å². The highest BCUT2D eigenvalue weighted by Gasteiger charge is 2.16. The molecule has 0 aliphatic rings. The van der Waals surface area contributed by atoms with Crippen molar-refractivity contribution in [2.24, 2.45) is 0 Å². The Morgan fingerprint density at radius 3 is 2.68 bits per heavy atom. The van der Waals surface area contributed by atoms with E-state index >= 15 is 0 Å². The second-order valence-electron chi connectivity index (χ2n) is 4.22. The summed E-state index contributed by atoms with van der Waals surface area (Å²) in [6.45, 7) is 0. The van der Waals surface area contributed by atoms with E-state index in [0.29, 0.717) is 5.56 Å². The third kappa shape index (κ3) is 2.36. The SMILES string of the molecule is Fc1cc(C(Cl)c2csc3ccccc23)ccc1Cl. The van der Waals surface area contributed by atoms with Gasteiger partial charge < -0.3 is 0 Å². The Morgan fingerprint density at radius 1 is 1.11 bits per heavy atom. The first-order chi connectivity index (χ1) is 9.16. The Labute approximate surface area is 124 Å². The summed E-state index contributed by atoms with van der Waals surface area (Å²) in [5, 5.41) is 2.88. The zero-order valence-electron chi connectivity index (χ0n) is 9.74. The lowest BCUT2D eigenvalue weighted by Gasteiger charge is -2.10. The van der Waals surface area contributed by atoms with E-state index in [1.807, 2.05) is 23.6 Å². The highest BCUT2D eigenvalue weighted by Crippen LogP contribution is 2.37. The van der Waals surface area contributed by atoms with Crippen LogP contribution in [-0.4, -0.2) is 0 Å². The van der Waals surface area contributed by atoms with Gasteiger partial charge in [-0.3, -0.25) is 0 Å². The summed E-state index contributed by atoms with van der Waals surface area (Å²) >= 11 is 13.8. The Balaban J connectivity index is 2.08. The first-order valence-electron chi connectivity index (χ1n) is 5.72. The minimum absolute atomic E-state index is 0.114. The van der Waals surface area contributed by atoms with Crippen molar-refractivity contribution in [3.8, 4) is 0 Å². The monoisotopic (exact) mass is 310 g/mol. The van der Waals surface area contributed by atoms with Crippen LogP contribution in [0.3, 0.4) is 0 Å². The maximum atomic E-state index is 13.5. The predicted octanol–water partition coefficient (Wildman–Crippen LogP) is 6.02. The van der Waals surface area contributed by atoms with Crippen LogP contribution in [0.2, 0.25) is 5.02 Å². The third-order valence-corrected chi connectivity index (χ3v) is 4.80. The van der Waals surface area contributed by atoms with E-state index < -0.39 is 5.82 Å². The van der Waals surface area contributed by atoms with Crippen molar-refractivity contribution in [2.45, 2.75) is 5.38 Å². The summed E-state index contributed by atoms with van der Waals surface area (Å²) in [5.74, 6) is -0.440. The number of hydrogen-bond acceptors (Lipinski definition) is 1. The molecule has 0 nitrogen and oxygen atoms in total. The molecule has 1 unspecified atom stereocenters. The molecule has 0 bridgehead atoms. The Morgan fingerprint density at radius 2 is 1.89 bits per heavy atom. The molecule has 0 spiro atoms. The van der Waals surface area contributed by atoms with Gasteiger partial charge in [0.1, 0.15) is 5.82 Å². The number of halogens is 3. The zero-order valence-corrected chi connectivity index (χ0v) is 12.1. The van der Waals surface area contributed by atoms with Gasteiger partial charge in [0, 0.05) is 4.70 Å². The molecule has 1 heterocycles. The number of hydrogen-bond donors (Lipinski definition) is 0. The van der Waals surface area contributed by atoms with Crippen molar-refractivity contribution in [3.63, 3.8) is 0 Å². The van der Waals surface area contributed by atoms with Crippen LogP contribution in [0, 0.1) is 5.82 Å². The number of thiophene rings is 1. The first-order valence-corrected chi connectivity index (χ1v) is 7.41. The van der Waals surface area contributed by atoms with E-state index in [4.69, 9.17) is 23.2 Å². The van der Waals surface area contributed by atoms with Gasteiger partial charge >= 0.3 is 0 Å². The maximum absolute atomic E-state index is 13.5. The summed E-state index contributed by atoms with van der Waals surface area (Å²) < 4.78 is 14.7. The molecule has 1 aromatic heterocycles. The molecule has 0 N–H and O–H groups in total. The Bertz CT molecular complexity index is 736. The highest BCUT2D eigenvalue weighted by atomic mass is 35.5. The Hall–Kier alpha value is -1.09. The average Bonchev–Trinajstić information content (AvgIpc) is 2.85. The van der Waals surface area contributed by atoms with Gasteiger partial charge in [-0.2, -0.15) is 0 Å². The van der Waals surface area contributed by atoms with Gasteiger partial charge in [0.25, 0.3) is 0 Å². The van der Waals surface area contributed by atoms with Crippen LogP contribution in [0.25, 0.3) is 10.1 Å². The average molecular weight is 311 g/mol. The quantitative estimate of drug-likeness (QED) is 0.507. The number of benzene rings is 2. The van der Waals surface area contributed by atoms with E-state index in [1.165, 1.54) is 16.8 Å². The van der Waals surface area contributed by atoms with E-state index in [0.717, 1.165) is 10.9 Å². The molecule has 2 aromatic carbocycles. The van der Waals surface area contributed by atoms with E-state index in [-0.39, 0.29) is 10.4 Å². The van der Waals surface area contributed by atoms with Crippen LogP contribution in [0.15, 0.2) is 47.8 Å². The van der Waals surface area contributed by atoms with Gasteiger partial charge in [0.15, 0.2) is 0 Å². The molecule has 0 fully saturated rings. The zero-order chi connectivity index (χ0) is 13.4. The van der Waals surface area contributed by atoms with Gasteiger partial charge in [-0.05, 0) is 40.1 Å². The predicted molar refractivity (Wildman–Crippen MR) is 80.9 cm³/mol. The minimum Gasteiger partial charge on any atom is -0.205 e. The van der Waals surface area contributed by atoms with Crippen LogP contribution >= 0.6 is 34.5 Å². The summed E-state index contributed by atoms with van der Waals surface area (Å²) in [6.07, 6.45) is 0. The molecular weight excluding hydrogens is 302 g/mol. The lowest BCUT2D eigenvalue weighted by molar-refractivity contribution is 0.626. The fraction of sp³-hybridized carbons (Fsp3) is 0.0667. The molecule has 4 heteroatoms. The third-order valence-electron chi connectivity index (χ3n) is 3.02. The van der Waals surface area contributed by atoms with E-state index in [1.54, 1.807) is 17.4 Å². The number of alkyl halides is 1. The van der Waals surface area contributed by atoms with Gasteiger partial charge in [-0.25, -0.2) is 4.39 Å². The molecule has 0 saturated carbocycles. The lowest BCUT2D eigenvalue weighted by Crippen LogP contribution is -1.93. The fourth-order valence-electron chi connectivity index (χ4n) is 2.04. The number of rotatable bonds is 2. The van der Waals surface area contributed by atoms with Crippen molar-refractivity contribution in [2.75, 3.05) is 0 Å². The van der Waals surface area contributed by atoms with Gasteiger partial charge in [0.2, 0.25) is 0 Å². The highest BCUT2D eigenvalue weighted by molar-refractivity contribution is 7.17.